The van der Waals surface area contributed by atoms with Crippen LogP contribution in [0.3, 0.4) is 0 Å². The van der Waals surface area contributed by atoms with Crippen LogP contribution in [0.2, 0.25) is 0 Å². The van der Waals surface area contributed by atoms with Crippen molar-refractivity contribution in [1.82, 2.24) is 9.62 Å². The van der Waals surface area contributed by atoms with E-state index in [2.05, 4.69) is 5.32 Å². The third-order valence-corrected chi connectivity index (χ3v) is 6.17. The number of rotatable bonds is 6. The number of carbonyl (C=O) groups is 2. The first kappa shape index (κ1) is 18.4. The zero-order valence-electron chi connectivity index (χ0n) is 13.6. The number of nitrogens with one attached hydrogen (secondary N) is 1. The van der Waals surface area contributed by atoms with E-state index in [1.807, 2.05) is 0 Å². The molecule has 1 amide bonds. The van der Waals surface area contributed by atoms with Gasteiger partial charge in [0.1, 0.15) is 6.54 Å². The van der Waals surface area contributed by atoms with Gasteiger partial charge in [0.05, 0.1) is 4.90 Å². The molecule has 2 N–H and O–H groups in total. The number of carbonyl (C=O) groups excluding carboxylic acids is 1. The summed E-state index contributed by atoms with van der Waals surface area (Å²) in [6.07, 6.45) is 4.84. The molecule has 0 spiro atoms. The van der Waals surface area contributed by atoms with Crippen molar-refractivity contribution in [2.45, 2.75) is 43.0 Å². The third-order valence-electron chi connectivity index (χ3n) is 4.26. The van der Waals surface area contributed by atoms with Crippen LogP contribution in [-0.4, -0.2) is 49.3 Å². The van der Waals surface area contributed by atoms with Crippen molar-refractivity contribution in [1.29, 1.82) is 0 Å². The first-order chi connectivity index (χ1) is 11.3. The van der Waals surface area contributed by atoms with Gasteiger partial charge in [-0.25, -0.2) is 8.42 Å². The summed E-state index contributed by atoms with van der Waals surface area (Å²) in [5.74, 6) is -1.78. The van der Waals surface area contributed by atoms with E-state index in [0.29, 0.717) is 0 Å². The maximum Gasteiger partial charge on any atom is 0.322 e. The van der Waals surface area contributed by atoms with E-state index < -0.39 is 28.4 Å². The van der Waals surface area contributed by atoms with Crippen LogP contribution in [0.15, 0.2) is 29.2 Å². The number of benzene rings is 1. The molecule has 0 aliphatic heterocycles. The lowest BCUT2D eigenvalue weighted by Gasteiger charge is -2.30. The van der Waals surface area contributed by atoms with Gasteiger partial charge in [0.2, 0.25) is 10.0 Å². The predicted octanol–water partition coefficient (Wildman–Crippen LogP) is 1.45. The minimum atomic E-state index is -3.69. The molecular weight excluding hydrogens is 332 g/mol. The summed E-state index contributed by atoms with van der Waals surface area (Å²) in [5, 5.41) is 10.8. The fraction of sp³-hybridized carbons (Fsp3) is 0.500. The van der Waals surface area contributed by atoms with Crippen LogP contribution in [0.5, 0.6) is 0 Å². The molecule has 1 saturated carbocycles. The smallest absolute Gasteiger partial charge is 0.322 e. The molecule has 7 nitrogen and oxygen atoms in total. The molecule has 1 aromatic rings. The van der Waals surface area contributed by atoms with Crippen molar-refractivity contribution >= 4 is 21.9 Å². The average molecular weight is 354 g/mol. The van der Waals surface area contributed by atoms with Crippen LogP contribution in [0.4, 0.5) is 0 Å². The zero-order chi connectivity index (χ0) is 17.7. The molecule has 0 atom stereocenters. The Bertz CT molecular complexity index is 711. The van der Waals surface area contributed by atoms with E-state index in [-0.39, 0.29) is 16.5 Å². The first-order valence-corrected chi connectivity index (χ1v) is 9.34. The molecule has 132 valence electrons. The molecule has 1 aromatic carbocycles. The molecule has 0 saturated heterocycles. The summed E-state index contributed by atoms with van der Waals surface area (Å²) in [4.78, 5) is 22.5. The van der Waals surface area contributed by atoms with Crippen molar-refractivity contribution < 1.29 is 23.1 Å². The second-order valence-corrected chi connectivity index (χ2v) is 7.91. The Morgan fingerprint density at radius 3 is 2.54 bits per heavy atom. The van der Waals surface area contributed by atoms with Gasteiger partial charge in [-0.2, -0.15) is 4.31 Å². The first-order valence-electron chi connectivity index (χ1n) is 7.90. The number of nitrogens with zero attached hydrogens (tertiary/aromatic N) is 1. The molecule has 8 heteroatoms. The average Bonchev–Trinajstić information content (AvgIpc) is 2.59. The van der Waals surface area contributed by atoms with Gasteiger partial charge in [-0.3, -0.25) is 9.59 Å². The van der Waals surface area contributed by atoms with Gasteiger partial charge in [-0.15, -0.1) is 0 Å². The highest BCUT2D eigenvalue weighted by Crippen LogP contribution is 2.26. The van der Waals surface area contributed by atoms with Crippen molar-refractivity contribution in [3.8, 4) is 0 Å². The third kappa shape index (κ3) is 4.33. The molecule has 1 fully saturated rings. The number of carboxylic acid groups (broad SMARTS) is 1. The number of aliphatic carboxylic acids is 1. The summed E-state index contributed by atoms with van der Waals surface area (Å²) in [5.41, 5.74) is 0.120. The topological polar surface area (TPSA) is 104 Å². The summed E-state index contributed by atoms with van der Waals surface area (Å²) in [6, 6.07) is 5.65. The normalized spacial score (nSPS) is 16.1. The fourth-order valence-corrected chi connectivity index (χ4v) is 4.33. The van der Waals surface area contributed by atoms with Gasteiger partial charge < -0.3 is 10.4 Å². The molecule has 0 heterocycles. The molecule has 0 unspecified atom stereocenters. The number of sulfonamides is 1. The summed E-state index contributed by atoms with van der Waals surface area (Å²) in [6.45, 7) is -0.516. The van der Waals surface area contributed by atoms with Crippen molar-refractivity contribution in [3.05, 3.63) is 29.8 Å². The van der Waals surface area contributed by atoms with Crippen LogP contribution >= 0.6 is 0 Å². The Hall–Kier alpha value is -1.93. The van der Waals surface area contributed by atoms with Gasteiger partial charge in [0, 0.05) is 18.7 Å². The highest BCUT2D eigenvalue weighted by Gasteiger charge is 2.29. The maximum atomic E-state index is 12.8. The Morgan fingerprint density at radius 1 is 1.25 bits per heavy atom. The second-order valence-electron chi connectivity index (χ2n) is 5.92. The van der Waals surface area contributed by atoms with Crippen LogP contribution < -0.4 is 5.32 Å². The Labute approximate surface area is 141 Å². The summed E-state index contributed by atoms with van der Waals surface area (Å²) in [7, 11) is -2.12. The van der Waals surface area contributed by atoms with E-state index >= 15 is 0 Å². The van der Waals surface area contributed by atoms with Crippen LogP contribution in [0.25, 0.3) is 0 Å². The van der Waals surface area contributed by atoms with Gasteiger partial charge in [-0.1, -0.05) is 25.3 Å². The molecule has 0 bridgehead atoms. The fourth-order valence-electron chi connectivity index (χ4n) is 2.86. The number of amides is 1. The maximum absolute atomic E-state index is 12.8. The van der Waals surface area contributed by atoms with Crippen molar-refractivity contribution in [2.75, 3.05) is 13.6 Å². The molecule has 0 aromatic heterocycles. The predicted molar refractivity (Wildman–Crippen MR) is 88.2 cm³/mol. The number of hydrogen-bond donors (Lipinski definition) is 2. The SMILES string of the molecule is CN(C1CCCCC1)S(=O)(=O)c1cccc(C(=O)NCC(=O)O)c1. The van der Waals surface area contributed by atoms with Crippen LogP contribution in [0.1, 0.15) is 42.5 Å². The van der Waals surface area contributed by atoms with Crippen molar-refractivity contribution in [3.63, 3.8) is 0 Å². The van der Waals surface area contributed by atoms with Crippen molar-refractivity contribution in [2.24, 2.45) is 0 Å². The standard InChI is InChI=1S/C16H22N2O5S/c1-18(13-7-3-2-4-8-13)24(22,23)14-9-5-6-12(10-14)16(21)17-11-15(19)20/h5-6,9-10,13H,2-4,7-8,11H2,1H3,(H,17,21)(H,19,20). The van der Waals surface area contributed by atoms with Crippen LogP contribution in [-0.2, 0) is 14.8 Å². The summed E-state index contributed by atoms with van der Waals surface area (Å²) < 4.78 is 26.9. The van der Waals surface area contributed by atoms with E-state index in [4.69, 9.17) is 5.11 Å². The van der Waals surface area contributed by atoms with E-state index in [0.717, 1.165) is 32.1 Å². The monoisotopic (exact) mass is 354 g/mol. The lowest BCUT2D eigenvalue weighted by Crippen LogP contribution is -2.38. The Kier molecular flexibility index (Phi) is 5.95. The van der Waals surface area contributed by atoms with Gasteiger partial charge in [-0.05, 0) is 31.0 Å². The number of hydrogen-bond acceptors (Lipinski definition) is 4. The van der Waals surface area contributed by atoms with Gasteiger partial charge >= 0.3 is 5.97 Å². The molecule has 1 aliphatic carbocycles. The highest BCUT2D eigenvalue weighted by atomic mass is 32.2. The summed E-state index contributed by atoms with van der Waals surface area (Å²) >= 11 is 0. The molecule has 1 aliphatic rings. The Balaban J connectivity index is 2.19. The lowest BCUT2D eigenvalue weighted by atomic mass is 9.96. The van der Waals surface area contributed by atoms with E-state index in [1.165, 1.54) is 28.6 Å². The van der Waals surface area contributed by atoms with Gasteiger partial charge in [0.15, 0.2) is 0 Å². The minimum Gasteiger partial charge on any atom is -0.480 e. The molecule has 2 rings (SSSR count). The van der Waals surface area contributed by atoms with E-state index in [1.54, 1.807) is 7.05 Å². The Morgan fingerprint density at radius 2 is 1.92 bits per heavy atom. The highest BCUT2D eigenvalue weighted by molar-refractivity contribution is 7.89. The molecule has 0 radical (unpaired) electrons. The largest absolute Gasteiger partial charge is 0.480 e. The van der Waals surface area contributed by atoms with Gasteiger partial charge in [0.25, 0.3) is 5.91 Å². The molecular formula is C16H22N2O5S. The van der Waals surface area contributed by atoms with Crippen LogP contribution in [0, 0.1) is 0 Å². The quantitative estimate of drug-likeness (QED) is 0.805. The minimum absolute atomic E-state index is 0.0201. The molecule has 24 heavy (non-hydrogen) atoms. The number of carboxylic acids is 1. The lowest BCUT2D eigenvalue weighted by molar-refractivity contribution is -0.135. The second kappa shape index (κ2) is 7.76. The zero-order valence-corrected chi connectivity index (χ0v) is 14.4. The van der Waals surface area contributed by atoms with E-state index in [9.17, 15) is 18.0 Å².